The van der Waals surface area contributed by atoms with Gasteiger partial charge in [-0.05, 0) is 42.3 Å². The molecule has 2 aromatic rings. The predicted molar refractivity (Wildman–Crippen MR) is 92.5 cm³/mol. The predicted octanol–water partition coefficient (Wildman–Crippen LogP) is 2.76. The maximum Gasteiger partial charge on any atom is 0.161 e. The number of ether oxygens (including phenoxy) is 4. The van der Waals surface area contributed by atoms with Crippen molar-refractivity contribution in [1.29, 1.82) is 0 Å². The van der Waals surface area contributed by atoms with Crippen molar-refractivity contribution in [3.05, 3.63) is 47.5 Å². The van der Waals surface area contributed by atoms with Crippen LogP contribution >= 0.6 is 0 Å². The van der Waals surface area contributed by atoms with Gasteiger partial charge < -0.3 is 24.7 Å². The van der Waals surface area contributed by atoms with Gasteiger partial charge in [0, 0.05) is 12.0 Å². The monoisotopic (exact) mass is 329 g/mol. The van der Waals surface area contributed by atoms with Gasteiger partial charge in [-0.1, -0.05) is 12.1 Å². The number of nitrogens with two attached hydrogens (primary N) is 1. The topological polar surface area (TPSA) is 62.9 Å². The lowest BCUT2D eigenvalue weighted by Gasteiger charge is -2.22. The number of benzene rings is 2. The third kappa shape index (κ3) is 3.41. The molecule has 2 aromatic carbocycles. The maximum absolute atomic E-state index is 6.04. The van der Waals surface area contributed by atoms with Crippen LogP contribution in [0.4, 0.5) is 0 Å². The zero-order valence-electron chi connectivity index (χ0n) is 14.1. The molecule has 1 unspecified atom stereocenters. The summed E-state index contributed by atoms with van der Waals surface area (Å²) >= 11 is 0. The van der Waals surface area contributed by atoms with E-state index < -0.39 is 0 Å². The minimum atomic E-state index is 0.170. The first-order valence-electron chi connectivity index (χ1n) is 8.05. The maximum atomic E-state index is 6.04. The average molecular weight is 329 g/mol. The summed E-state index contributed by atoms with van der Waals surface area (Å²) in [5.41, 5.74) is 8.28. The zero-order chi connectivity index (χ0) is 16.9. The molecule has 0 saturated heterocycles. The summed E-state index contributed by atoms with van der Waals surface area (Å²) in [6.07, 6.45) is 0.781. The van der Waals surface area contributed by atoms with Crippen LogP contribution in [-0.4, -0.2) is 34.0 Å². The van der Waals surface area contributed by atoms with E-state index in [2.05, 4.69) is 6.07 Å². The molecule has 0 fully saturated rings. The quantitative estimate of drug-likeness (QED) is 0.883. The molecule has 0 radical (unpaired) electrons. The van der Waals surface area contributed by atoms with E-state index in [1.54, 1.807) is 14.2 Å². The lowest BCUT2D eigenvalue weighted by molar-refractivity contribution is 0.171. The van der Waals surface area contributed by atoms with Gasteiger partial charge >= 0.3 is 0 Å². The number of hydrogen-bond donors (Lipinski definition) is 1. The Morgan fingerprint density at radius 1 is 1.00 bits per heavy atom. The van der Waals surface area contributed by atoms with Crippen LogP contribution in [0, 0.1) is 0 Å². The van der Waals surface area contributed by atoms with Crippen molar-refractivity contribution in [3.63, 3.8) is 0 Å². The zero-order valence-corrected chi connectivity index (χ0v) is 14.1. The van der Waals surface area contributed by atoms with Crippen LogP contribution in [0.1, 0.15) is 17.0 Å². The Balaban J connectivity index is 1.84. The molecule has 128 valence electrons. The Morgan fingerprint density at radius 2 is 1.79 bits per heavy atom. The molecule has 0 bridgehead atoms. The molecule has 5 nitrogen and oxygen atoms in total. The second kappa shape index (κ2) is 7.45. The normalized spacial score (nSPS) is 14.1. The third-order valence-corrected chi connectivity index (χ3v) is 4.28. The van der Waals surface area contributed by atoms with Gasteiger partial charge in [0.1, 0.15) is 24.7 Å². The van der Waals surface area contributed by atoms with E-state index in [1.165, 1.54) is 0 Å². The number of rotatable bonds is 6. The standard InChI is InChI=1S/C19H23NO4/c1-21-16-5-3-14(18(11-16)22-2)9-15(12-20)13-4-6-17-19(10-13)24-8-7-23-17/h3-6,10-11,15H,7-9,12,20H2,1-2H3. The minimum absolute atomic E-state index is 0.170. The highest BCUT2D eigenvalue weighted by Crippen LogP contribution is 2.35. The first-order valence-corrected chi connectivity index (χ1v) is 8.05. The van der Waals surface area contributed by atoms with Crippen LogP contribution < -0.4 is 24.7 Å². The van der Waals surface area contributed by atoms with Gasteiger partial charge in [0.15, 0.2) is 11.5 Å². The molecule has 0 spiro atoms. The van der Waals surface area contributed by atoms with Crippen molar-refractivity contribution in [1.82, 2.24) is 0 Å². The second-order valence-electron chi connectivity index (χ2n) is 5.72. The van der Waals surface area contributed by atoms with E-state index in [0.717, 1.165) is 40.5 Å². The molecule has 3 rings (SSSR count). The van der Waals surface area contributed by atoms with E-state index in [1.807, 2.05) is 30.3 Å². The van der Waals surface area contributed by atoms with Crippen LogP contribution in [0.15, 0.2) is 36.4 Å². The van der Waals surface area contributed by atoms with Crippen LogP contribution in [0.2, 0.25) is 0 Å². The van der Waals surface area contributed by atoms with Gasteiger partial charge in [0.05, 0.1) is 14.2 Å². The molecule has 2 N–H and O–H groups in total. The van der Waals surface area contributed by atoms with E-state index in [-0.39, 0.29) is 5.92 Å². The van der Waals surface area contributed by atoms with E-state index in [0.29, 0.717) is 19.8 Å². The van der Waals surface area contributed by atoms with Gasteiger partial charge in [-0.2, -0.15) is 0 Å². The first-order chi connectivity index (χ1) is 11.7. The Bertz CT molecular complexity index is 702. The van der Waals surface area contributed by atoms with Crippen LogP contribution in [0.3, 0.4) is 0 Å². The van der Waals surface area contributed by atoms with Gasteiger partial charge in [-0.15, -0.1) is 0 Å². The summed E-state index contributed by atoms with van der Waals surface area (Å²) in [7, 11) is 3.31. The van der Waals surface area contributed by atoms with Crippen molar-refractivity contribution in [3.8, 4) is 23.0 Å². The molecular formula is C19H23NO4. The van der Waals surface area contributed by atoms with Crippen LogP contribution in [0.5, 0.6) is 23.0 Å². The second-order valence-corrected chi connectivity index (χ2v) is 5.72. The van der Waals surface area contributed by atoms with Gasteiger partial charge in [-0.25, -0.2) is 0 Å². The molecule has 0 saturated carbocycles. The lowest BCUT2D eigenvalue weighted by atomic mass is 9.91. The van der Waals surface area contributed by atoms with Crippen molar-refractivity contribution < 1.29 is 18.9 Å². The lowest BCUT2D eigenvalue weighted by Crippen LogP contribution is -2.18. The minimum Gasteiger partial charge on any atom is -0.497 e. The summed E-state index contributed by atoms with van der Waals surface area (Å²) < 4.78 is 22.0. The summed E-state index contributed by atoms with van der Waals surface area (Å²) in [6.45, 7) is 1.71. The molecule has 0 amide bonds. The molecule has 1 atom stereocenters. The van der Waals surface area contributed by atoms with Crippen molar-refractivity contribution in [2.24, 2.45) is 5.73 Å². The van der Waals surface area contributed by atoms with E-state index in [9.17, 15) is 0 Å². The highest BCUT2D eigenvalue weighted by molar-refractivity contribution is 5.46. The average Bonchev–Trinajstić information content (AvgIpc) is 2.65. The van der Waals surface area contributed by atoms with Crippen LogP contribution in [-0.2, 0) is 6.42 Å². The van der Waals surface area contributed by atoms with Crippen molar-refractivity contribution >= 4 is 0 Å². The molecular weight excluding hydrogens is 306 g/mol. The largest absolute Gasteiger partial charge is 0.497 e. The Morgan fingerprint density at radius 3 is 2.50 bits per heavy atom. The number of hydrogen-bond acceptors (Lipinski definition) is 5. The van der Waals surface area contributed by atoms with Crippen molar-refractivity contribution in [2.75, 3.05) is 34.0 Å². The van der Waals surface area contributed by atoms with Crippen molar-refractivity contribution in [2.45, 2.75) is 12.3 Å². The van der Waals surface area contributed by atoms with Gasteiger partial charge in [-0.3, -0.25) is 0 Å². The molecule has 24 heavy (non-hydrogen) atoms. The smallest absolute Gasteiger partial charge is 0.161 e. The van der Waals surface area contributed by atoms with Gasteiger partial charge in [0.2, 0.25) is 0 Å². The summed E-state index contributed by atoms with van der Waals surface area (Å²) in [5.74, 6) is 3.34. The van der Waals surface area contributed by atoms with Crippen LogP contribution in [0.25, 0.3) is 0 Å². The number of methoxy groups -OCH3 is 2. The summed E-state index contributed by atoms with van der Waals surface area (Å²) in [4.78, 5) is 0. The fourth-order valence-electron chi connectivity index (χ4n) is 2.94. The highest BCUT2D eigenvalue weighted by Gasteiger charge is 2.18. The highest BCUT2D eigenvalue weighted by atomic mass is 16.6. The fraction of sp³-hybridized carbons (Fsp3) is 0.368. The SMILES string of the molecule is COc1ccc(CC(CN)c2ccc3c(c2)OCCO3)c(OC)c1. The first kappa shape index (κ1) is 16.5. The molecule has 0 aromatic heterocycles. The summed E-state index contributed by atoms with van der Waals surface area (Å²) in [5, 5.41) is 0. The molecule has 0 aliphatic carbocycles. The Hall–Kier alpha value is -2.40. The molecule has 1 aliphatic heterocycles. The fourth-order valence-corrected chi connectivity index (χ4v) is 2.94. The number of fused-ring (bicyclic) bond motifs is 1. The molecule has 5 heteroatoms. The van der Waals surface area contributed by atoms with E-state index in [4.69, 9.17) is 24.7 Å². The molecule has 1 aliphatic rings. The van der Waals surface area contributed by atoms with Gasteiger partial charge in [0.25, 0.3) is 0 Å². The molecule has 1 heterocycles. The van der Waals surface area contributed by atoms with E-state index >= 15 is 0 Å². The summed E-state index contributed by atoms with van der Waals surface area (Å²) in [6, 6.07) is 11.9. The Labute approximate surface area is 142 Å². The third-order valence-electron chi connectivity index (χ3n) is 4.28. The Kier molecular flexibility index (Phi) is 5.11.